The molecule has 0 N–H and O–H groups in total. The lowest BCUT2D eigenvalue weighted by atomic mass is 9.74. The molecule has 1 saturated heterocycles. The third kappa shape index (κ3) is 1.03. The fourth-order valence-electron chi connectivity index (χ4n) is 3.73. The standard InChI is InChI=1S/C12H19OP/c1-14-11(4-2-5-11)8-10(13)9-12(14)6-3-7-12/h2-9H2,1H3. The highest BCUT2D eigenvalue weighted by molar-refractivity contribution is 7.60. The van der Waals surface area contributed by atoms with Gasteiger partial charge in [0, 0.05) is 12.8 Å². The van der Waals surface area contributed by atoms with E-state index < -0.39 is 0 Å². The van der Waals surface area contributed by atoms with Crippen molar-refractivity contribution in [3.63, 3.8) is 0 Å². The molecule has 3 rings (SSSR count). The van der Waals surface area contributed by atoms with Crippen molar-refractivity contribution in [1.29, 1.82) is 0 Å². The predicted octanol–water partition coefficient (Wildman–Crippen LogP) is 3.31. The molecule has 2 heteroatoms. The first-order valence-corrected chi connectivity index (χ1v) is 7.72. The zero-order valence-electron chi connectivity index (χ0n) is 9.01. The van der Waals surface area contributed by atoms with E-state index in [4.69, 9.17) is 0 Å². The Hall–Kier alpha value is 0.100. The zero-order valence-corrected chi connectivity index (χ0v) is 9.91. The molecule has 2 aliphatic carbocycles. The van der Waals surface area contributed by atoms with Gasteiger partial charge in [0.2, 0.25) is 0 Å². The minimum absolute atomic E-state index is 0.143. The van der Waals surface area contributed by atoms with Crippen LogP contribution in [0.4, 0.5) is 0 Å². The van der Waals surface area contributed by atoms with Gasteiger partial charge in [-0.15, -0.1) is 0 Å². The van der Waals surface area contributed by atoms with Gasteiger partial charge in [0.1, 0.15) is 5.78 Å². The van der Waals surface area contributed by atoms with Crippen LogP contribution >= 0.6 is 7.92 Å². The number of carbonyl (C=O) groups is 1. The highest BCUT2D eigenvalue weighted by Crippen LogP contribution is 2.74. The molecular weight excluding hydrogens is 191 g/mol. The minimum atomic E-state index is 0.143. The highest BCUT2D eigenvalue weighted by Gasteiger charge is 2.57. The van der Waals surface area contributed by atoms with Crippen LogP contribution in [0.5, 0.6) is 0 Å². The van der Waals surface area contributed by atoms with E-state index in [1.54, 1.807) is 0 Å². The van der Waals surface area contributed by atoms with Gasteiger partial charge in [0.25, 0.3) is 0 Å². The second kappa shape index (κ2) is 2.82. The summed E-state index contributed by atoms with van der Waals surface area (Å²) in [4.78, 5) is 11.8. The Kier molecular flexibility index (Phi) is 1.88. The van der Waals surface area contributed by atoms with E-state index in [9.17, 15) is 4.79 Å². The first-order valence-electron chi connectivity index (χ1n) is 5.93. The van der Waals surface area contributed by atoms with Crippen molar-refractivity contribution in [2.75, 3.05) is 6.66 Å². The van der Waals surface area contributed by atoms with E-state index in [0.29, 0.717) is 16.1 Å². The lowest BCUT2D eigenvalue weighted by Crippen LogP contribution is -2.52. The van der Waals surface area contributed by atoms with Crippen molar-refractivity contribution in [2.45, 2.75) is 61.7 Å². The van der Waals surface area contributed by atoms with E-state index in [0.717, 1.165) is 12.8 Å². The maximum absolute atomic E-state index is 11.8. The van der Waals surface area contributed by atoms with Crippen molar-refractivity contribution in [3.05, 3.63) is 0 Å². The maximum atomic E-state index is 11.8. The van der Waals surface area contributed by atoms with Crippen LogP contribution in [0, 0.1) is 0 Å². The Labute approximate surface area is 87.4 Å². The fourth-order valence-corrected chi connectivity index (χ4v) is 7.54. The summed E-state index contributed by atoms with van der Waals surface area (Å²) in [6.45, 7) is 2.50. The van der Waals surface area contributed by atoms with Crippen LogP contribution in [0.25, 0.3) is 0 Å². The van der Waals surface area contributed by atoms with Gasteiger partial charge in [-0.2, -0.15) is 0 Å². The first kappa shape index (κ1) is 9.33. The normalized spacial score (nSPS) is 34.2. The molecule has 2 saturated carbocycles. The van der Waals surface area contributed by atoms with Crippen LogP contribution < -0.4 is 0 Å². The molecule has 2 spiro atoms. The predicted molar refractivity (Wildman–Crippen MR) is 60.2 cm³/mol. The van der Waals surface area contributed by atoms with Gasteiger partial charge in [-0.1, -0.05) is 20.8 Å². The molecule has 0 aromatic rings. The molecule has 0 amide bonds. The third-order valence-electron chi connectivity index (χ3n) is 5.04. The second-order valence-electron chi connectivity index (χ2n) is 5.61. The van der Waals surface area contributed by atoms with E-state index in [1.807, 2.05) is 0 Å². The van der Waals surface area contributed by atoms with Gasteiger partial charge < -0.3 is 0 Å². The summed E-state index contributed by atoms with van der Waals surface area (Å²) in [5.74, 6) is 0.588. The molecule has 0 aromatic carbocycles. The minimum Gasteiger partial charge on any atom is -0.300 e. The molecule has 0 atom stereocenters. The lowest BCUT2D eigenvalue weighted by Gasteiger charge is -2.61. The molecule has 1 nitrogen and oxygen atoms in total. The topological polar surface area (TPSA) is 17.1 Å². The smallest absolute Gasteiger partial charge is 0.134 e. The molecule has 3 aliphatic rings. The number of carbonyl (C=O) groups excluding carboxylic acids is 1. The molecule has 78 valence electrons. The SMILES string of the molecule is CP1C2(CCC2)CC(=O)CC12CCC2. The monoisotopic (exact) mass is 210 g/mol. The summed E-state index contributed by atoms with van der Waals surface area (Å²) in [5.41, 5.74) is 0. The molecule has 0 unspecified atom stereocenters. The van der Waals surface area contributed by atoms with Crippen molar-refractivity contribution in [2.24, 2.45) is 0 Å². The van der Waals surface area contributed by atoms with Gasteiger partial charge in [-0.25, -0.2) is 0 Å². The summed E-state index contributed by atoms with van der Waals surface area (Å²) >= 11 is 0. The molecule has 1 aliphatic heterocycles. The summed E-state index contributed by atoms with van der Waals surface area (Å²) in [7, 11) is 0.143. The zero-order chi connectivity index (χ0) is 9.81. The van der Waals surface area contributed by atoms with Crippen molar-refractivity contribution >= 4 is 13.7 Å². The highest BCUT2D eigenvalue weighted by atomic mass is 31.1. The summed E-state index contributed by atoms with van der Waals surface area (Å²) in [6.07, 6.45) is 10.1. The number of hydrogen-bond acceptors (Lipinski definition) is 1. The molecule has 0 bridgehead atoms. The third-order valence-corrected chi connectivity index (χ3v) is 9.10. The van der Waals surface area contributed by atoms with Gasteiger partial charge in [0.15, 0.2) is 0 Å². The quantitative estimate of drug-likeness (QED) is 0.560. The van der Waals surface area contributed by atoms with E-state index >= 15 is 0 Å². The van der Waals surface area contributed by atoms with E-state index in [1.165, 1.54) is 38.5 Å². The molecule has 0 aromatic heterocycles. The van der Waals surface area contributed by atoms with Crippen LogP contribution in [0.3, 0.4) is 0 Å². The van der Waals surface area contributed by atoms with Crippen molar-refractivity contribution in [1.82, 2.24) is 0 Å². The van der Waals surface area contributed by atoms with Gasteiger partial charge in [-0.05, 0) is 42.7 Å². The van der Waals surface area contributed by atoms with Crippen molar-refractivity contribution < 1.29 is 4.79 Å². The number of rotatable bonds is 0. The van der Waals surface area contributed by atoms with Crippen LogP contribution in [0.15, 0.2) is 0 Å². The number of Topliss-reactive ketones (excluding diaryl/α,β-unsaturated/α-hetero) is 1. The molecule has 0 radical (unpaired) electrons. The second-order valence-corrected chi connectivity index (χ2v) is 8.62. The number of ketones is 1. The Balaban J connectivity index is 1.90. The fraction of sp³-hybridized carbons (Fsp3) is 0.917. The number of hydrogen-bond donors (Lipinski definition) is 0. The molecule has 14 heavy (non-hydrogen) atoms. The first-order chi connectivity index (χ1) is 6.67. The average molecular weight is 210 g/mol. The summed E-state index contributed by atoms with van der Waals surface area (Å²) in [5, 5.41) is 1.07. The lowest BCUT2D eigenvalue weighted by molar-refractivity contribution is -0.122. The van der Waals surface area contributed by atoms with Crippen LogP contribution in [0.2, 0.25) is 0 Å². The van der Waals surface area contributed by atoms with Crippen LogP contribution in [-0.2, 0) is 4.79 Å². The van der Waals surface area contributed by atoms with Crippen LogP contribution in [-0.4, -0.2) is 22.8 Å². The van der Waals surface area contributed by atoms with Gasteiger partial charge in [0.05, 0.1) is 0 Å². The summed E-state index contributed by atoms with van der Waals surface area (Å²) in [6, 6.07) is 0. The summed E-state index contributed by atoms with van der Waals surface area (Å²) < 4.78 is 0. The Morgan fingerprint density at radius 2 is 1.43 bits per heavy atom. The average Bonchev–Trinajstić information content (AvgIpc) is 2.02. The largest absolute Gasteiger partial charge is 0.300 e. The van der Waals surface area contributed by atoms with Gasteiger partial charge in [-0.3, -0.25) is 4.79 Å². The maximum Gasteiger partial charge on any atom is 0.134 e. The molecular formula is C12H19OP. The molecule has 1 heterocycles. The molecule has 3 fully saturated rings. The van der Waals surface area contributed by atoms with Crippen molar-refractivity contribution in [3.8, 4) is 0 Å². The van der Waals surface area contributed by atoms with Crippen LogP contribution in [0.1, 0.15) is 51.4 Å². The Morgan fingerprint density at radius 1 is 1.00 bits per heavy atom. The Morgan fingerprint density at radius 3 is 1.71 bits per heavy atom. The van der Waals surface area contributed by atoms with E-state index in [-0.39, 0.29) is 7.92 Å². The van der Waals surface area contributed by atoms with E-state index in [2.05, 4.69) is 6.66 Å². The van der Waals surface area contributed by atoms with Gasteiger partial charge >= 0.3 is 0 Å². The Bertz CT molecular complexity index is 250.